The SMILES string of the molecule is Fc1ccc(CNc2c(F)cc(F)cc2Cl)c(F)c1. The summed E-state index contributed by atoms with van der Waals surface area (Å²) in [5, 5.41) is 2.40. The first-order valence-corrected chi connectivity index (χ1v) is 5.67. The molecule has 0 radical (unpaired) electrons. The lowest BCUT2D eigenvalue weighted by molar-refractivity contribution is 0.572. The Labute approximate surface area is 111 Å². The van der Waals surface area contributed by atoms with Crippen LogP contribution in [0.4, 0.5) is 23.2 Å². The Hall–Kier alpha value is -1.75. The van der Waals surface area contributed by atoms with Gasteiger partial charge in [-0.3, -0.25) is 0 Å². The van der Waals surface area contributed by atoms with Crippen molar-refractivity contribution in [2.75, 3.05) is 5.32 Å². The second kappa shape index (κ2) is 5.48. The van der Waals surface area contributed by atoms with Crippen LogP contribution in [0.1, 0.15) is 5.56 Å². The number of halogens is 5. The Morgan fingerprint density at radius 2 is 1.58 bits per heavy atom. The summed E-state index contributed by atoms with van der Waals surface area (Å²) in [5.74, 6) is -3.15. The number of hydrogen-bond acceptors (Lipinski definition) is 1. The minimum atomic E-state index is -0.882. The Morgan fingerprint density at radius 1 is 0.895 bits per heavy atom. The molecule has 1 N–H and O–H groups in total. The van der Waals surface area contributed by atoms with Gasteiger partial charge in [-0.25, -0.2) is 17.6 Å². The van der Waals surface area contributed by atoms with Gasteiger partial charge in [0, 0.05) is 24.2 Å². The van der Waals surface area contributed by atoms with Gasteiger partial charge in [0.1, 0.15) is 17.5 Å². The smallest absolute Gasteiger partial charge is 0.150 e. The molecule has 0 saturated carbocycles. The second-order valence-electron chi connectivity index (χ2n) is 3.83. The molecule has 2 aromatic carbocycles. The molecule has 0 aliphatic rings. The van der Waals surface area contributed by atoms with Gasteiger partial charge in [0.15, 0.2) is 5.82 Å². The minimum absolute atomic E-state index is 0.103. The van der Waals surface area contributed by atoms with E-state index in [2.05, 4.69) is 5.32 Å². The van der Waals surface area contributed by atoms with E-state index in [-0.39, 0.29) is 22.8 Å². The monoisotopic (exact) mass is 289 g/mol. The largest absolute Gasteiger partial charge is 0.377 e. The van der Waals surface area contributed by atoms with Crippen LogP contribution in [-0.4, -0.2) is 0 Å². The van der Waals surface area contributed by atoms with Crippen LogP contribution in [-0.2, 0) is 6.54 Å². The average Bonchev–Trinajstić information content (AvgIpc) is 2.30. The maximum absolute atomic E-state index is 13.4. The van der Waals surface area contributed by atoms with E-state index in [4.69, 9.17) is 11.6 Å². The number of hydrogen-bond donors (Lipinski definition) is 1. The second-order valence-corrected chi connectivity index (χ2v) is 4.24. The zero-order valence-corrected chi connectivity index (χ0v) is 10.2. The normalized spacial score (nSPS) is 10.6. The molecule has 2 rings (SSSR count). The Bertz CT molecular complexity index is 593. The van der Waals surface area contributed by atoms with Crippen molar-refractivity contribution in [3.63, 3.8) is 0 Å². The molecule has 19 heavy (non-hydrogen) atoms. The first kappa shape index (κ1) is 13.7. The summed E-state index contributed by atoms with van der Waals surface area (Å²) in [5.41, 5.74) is 0.00739. The molecule has 0 fully saturated rings. The fourth-order valence-electron chi connectivity index (χ4n) is 1.56. The summed E-state index contributed by atoms with van der Waals surface area (Å²) in [6.07, 6.45) is 0. The molecule has 0 atom stereocenters. The van der Waals surface area contributed by atoms with Gasteiger partial charge in [-0.15, -0.1) is 0 Å². The van der Waals surface area contributed by atoms with Gasteiger partial charge in [0.05, 0.1) is 10.7 Å². The van der Waals surface area contributed by atoms with Gasteiger partial charge in [0.25, 0.3) is 0 Å². The standard InChI is InChI=1S/C13H8ClF4N/c14-10-3-9(16)5-12(18)13(10)19-6-7-1-2-8(15)4-11(7)17/h1-5,19H,6H2. The van der Waals surface area contributed by atoms with Crippen LogP contribution in [0.2, 0.25) is 5.02 Å². The predicted octanol–water partition coefficient (Wildman–Crippen LogP) is 4.51. The lowest BCUT2D eigenvalue weighted by Gasteiger charge is -2.10. The maximum Gasteiger partial charge on any atom is 0.150 e. The lowest BCUT2D eigenvalue weighted by Crippen LogP contribution is -2.04. The molecule has 0 spiro atoms. The van der Waals surface area contributed by atoms with Gasteiger partial charge in [0.2, 0.25) is 0 Å². The van der Waals surface area contributed by atoms with E-state index in [0.29, 0.717) is 6.07 Å². The highest BCUT2D eigenvalue weighted by Crippen LogP contribution is 2.27. The van der Waals surface area contributed by atoms with Crippen molar-refractivity contribution in [1.82, 2.24) is 0 Å². The molecule has 0 aliphatic carbocycles. The summed E-state index contributed by atoms with van der Waals surface area (Å²) >= 11 is 5.67. The molecule has 0 unspecified atom stereocenters. The number of nitrogens with one attached hydrogen (secondary N) is 1. The van der Waals surface area contributed by atoms with Gasteiger partial charge >= 0.3 is 0 Å². The molecule has 2 aromatic rings. The van der Waals surface area contributed by atoms with Crippen molar-refractivity contribution in [2.45, 2.75) is 6.54 Å². The average molecular weight is 290 g/mol. The van der Waals surface area contributed by atoms with Gasteiger partial charge in [-0.2, -0.15) is 0 Å². The molecule has 0 heterocycles. The molecule has 0 aliphatic heterocycles. The van der Waals surface area contributed by atoms with Crippen molar-refractivity contribution in [3.8, 4) is 0 Å². The lowest BCUT2D eigenvalue weighted by atomic mass is 10.2. The van der Waals surface area contributed by atoms with E-state index < -0.39 is 23.3 Å². The van der Waals surface area contributed by atoms with Crippen LogP contribution >= 0.6 is 11.6 Å². The molecule has 0 amide bonds. The summed E-state index contributed by atoms with van der Waals surface area (Å²) in [6.45, 7) is -0.103. The van der Waals surface area contributed by atoms with Gasteiger partial charge < -0.3 is 5.32 Å². The van der Waals surface area contributed by atoms with E-state index in [1.807, 2.05) is 0 Å². The summed E-state index contributed by atoms with van der Waals surface area (Å²) in [4.78, 5) is 0. The highest BCUT2D eigenvalue weighted by atomic mass is 35.5. The van der Waals surface area contributed by atoms with E-state index in [9.17, 15) is 17.6 Å². The number of rotatable bonds is 3. The van der Waals surface area contributed by atoms with E-state index in [1.54, 1.807) is 0 Å². The van der Waals surface area contributed by atoms with Crippen molar-refractivity contribution >= 4 is 17.3 Å². The number of benzene rings is 2. The highest BCUT2D eigenvalue weighted by Gasteiger charge is 2.11. The van der Waals surface area contributed by atoms with Crippen molar-refractivity contribution in [3.05, 3.63) is 64.2 Å². The third kappa shape index (κ3) is 3.17. The quantitative estimate of drug-likeness (QED) is 0.820. The van der Waals surface area contributed by atoms with Crippen molar-refractivity contribution in [1.29, 1.82) is 0 Å². The van der Waals surface area contributed by atoms with Crippen LogP contribution in [0.15, 0.2) is 30.3 Å². The van der Waals surface area contributed by atoms with Crippen LogP contribution < -0.4 is 5.32 Å². The molecule has 0 bridgehead atoms. The molecule has 1 nitrogen and oxygen atoms in total. The van der Waals surface area contributed by atoms with Crippen LogP contribution in [0.25, 0.3) is 0 Å². The third-order valence-electron chi connectivity index (χ3n) is 2.48. The van der Waals surface area contributed by atoms with Crippen molar-refractivity contribution in [2.24, 2.45) is 0 Å². The predicted molar refractivity (Wildman–Crippen MR) is 65.1 cm³/mol. The molecule has 0 saturated heterocycles. The molecular formula is C13H8ClF4N. The first-order chi connectivity index (χ1) is 8.97. The highest BCUT2D eigenvalue weighted by molar-refractivity contribution is 6.33. The Kier molecular flexibility index (Phi) is 3.95. The van der Waals surface area contributed by atoms with Crippen LogP contribution in [0.3, 0.4) is 0 Å². The van der Waals surface area contributed by atoms with E-state index in [0.717, 1.165) is 18.2 Å². The van der Waals surface area contributed by atoms with E-state index >= 15 is 0 Å². The zero-order valence-electron chi connectivity index (χ0n) is 9.48. The topological polar surface area (TPSA) is 12.0 Å². The summed E-state index contributed by atoms with van der Waals surface area (Å²) in [7, 11) is 0. The minimum Gasteiger partial charge on any atom is -0.377 e. The Balaban J connectivity index is 2.19. The maximum atomic E-state index is 13.4. The fourth-order valence-corrected chi connectivity index (χ4v) is 1.82. The fraction of sp³-hybridized carbons (Fsp3) is 0.0769. The van der Waals surface area contributed by atoms with Gasteiger partial charge in [-0.05, 0) is 12.1 Å². The molecule has 6 heteroatoms. The van der Waals surface area contributed by atoms with E-state index in [1.165, 1.54) is 6.07 Å². The summed E-state index contributed by atoms with van der Waals surface area (Å²) in [6, 6.07) is 4.64. The first-order valence-electron chi connectivity index (χ1n) is 5.29. The summed E-state index contributed by atoms with van der Waals surface area (Å²) < 4.78 is 52.3. The van der Waals surface area contributed by atoms with Crippen molar-refractivity contribution < 1.29 is 17.6 Å². The molecule has 0 aromatic heterocycles. The molecular weight excluding hydrogens is 282 g/mol. The third-order valence-corrected chi connectivity index (χ3v) is 2.78. The van der Waals surface area contributed by atoms with Crippen LogP contribution in [0.5, 0.6) is 0 Å². The molecule has 100 valence electrons. The van der Waals surface area contributed by atoms with Gasteiger partial charge in [-0.1, -0.05) is 17.7 Å². The zero-order chi connectivity index (χ0) is 14.0. The van der Waals surface area contributed by atoms with Crippen LogP contribution in [0, 0.1) is 23.3 Å². The number of anilines is 1. The Morgan fingerprint density at radius 3 is 2.21 bits per heavy atom.